The van der Waals surface area contributed by atoms with Gasteiger partial charge in [-0.05, 0) is 48.6 Å². The van der Waals surface area contributed by atoms with Gasteiger partial charge in [0.25, 0.3) is 0 Å². The van der Waals surface area contributed by atoms with E-state index in [2.05, 4.69) is 84.6 Å². The van der Waals surface area contributed by atoms with E-state index < -0.39 is 0 Å². The van der Waals surface area contributed by atoms with Crippen molar-refractivity contribution in [1.29, 1.82) is 0 Å². The smallest absolute Gasteiger partial charge is 0.191 e. The van der Waals surface area contributed by atoms with E-state index in [9.17, 15) is 0 Å². The molecule has 2 aliphatic rings. The molecule has 0 saturated carbocycles. The van der Waals surface area contributed by atoms with Gasteiger partial charge >= 0.3 is 0 Å². The van der Waals surface area contributed by atoms with Gasteiger partial charge in [-0.15, -0.1) is 24.0 Å². The average molecular weight is 551 g/mol. The van der Waals surface area contributed by atoms with Crippen LogP contribution in [0.15, 0.2) is 33.7 Å². The molecule has 0 spiro atoms. The number of piperazine rings is 1. The first-order chi connectivity index (χ1) is 12.6. The van der Waals surface area contributed by atoms with Crippen LogP contribution in [0.5, 0.6) is 0 Å². The number of nitrogens with zero attached hydrogens (tertiary/aromatic N) is 4. The Morgan fingerprint density at radius 3 is 2.70 bits per heavy atom. The molecule has 6 nitrogen and oxygen atoms in total. The Bertz CT molecular complexity index is 628. The zero-order chi connectivity index (χ0) is 18.5. The van der Waals surface area contributed by atoms with Crippen molar-refractivity contribution >= 4 is 51.6 Å². The van der Waals surface area contributed by atoms with Crippen LogP contribution >= 0.6 is 39.9 Å². The largest absolute Gasteiger partial charge is 0.368 e. The molecule has 0 aliphatic carbocycles. The van der Waals surface area contributed by atoms with Gasteiger partial charge < -0.3 is 20.4 Å². The number of nitrogens with one attached hydrogen (secondary N) is 2. The number of aliphatic imine (C=N–C) groups is 1. The van der Waals surface area contributed by atoms with Crippen molar-refractivity contribution in [2.45, 2.75) is 18.5 Å². The normalized spacial score (nSPS) is 24.6. The highest BCUT2D eigenvalue weighted by Crippen LogP contribution is 2.28. The summed E-state index contributed by atoms with van der Waals surface area (Å²) >= 11 is 3.66. The zero-order valence-electron chi connectivity index (χ0n) is 16.5. The lowest BCUT2D eigenvalue weighted by atomic mass is 10.2. The summed E-state index contributed by atoms with van der Waals surface area (Å²) in [4.78, 5) is 11.7. The van der Waals surface area contributed by atoms with Crippen LogP contribution in [-0.2, 0) is 0 Å². The molecule has 1 aromatic carbocycles. The third kappa shape index (κ3) is 6.20. The lowest BCUT2D eigenvalue weighted by Gasteiger charge is -2.38. The molecule has 2 heterocycles. The molecule has 0 bridgehead atoms. The second-order valence-corrected chi connectivity index (χ2v) is 8.23. The standard InChI is InChI=1S/C19H31BrN6.HI/c1-21-19(22-12-16-14-24(2)10-11-25(16)3)23-15-8-9-26(13-15)18-7-5-4-6-17(18)20;/h4-7,15-16H,8-14H2,1-3H3,(H2,21,22,23);1H. The highest BCUT2D eigenvalue weighted by atomic mass is 127. The van der Waals surface area contributed by atoms with Crippen LogP contribution in [0.2, 0.25) is 0 Å². The number of rotatable bonds is 4. The lowest BCUT2D eigenvalue weighted by molar-refractivity contribution is 0.116. The summed E-state index contributed by atoms with van der Waals surface area (Å²) in [7, 11) is 6.26. The Kier molecular flexibility index (Phi) is 9.10. The van der Waals surface area contributed by atoms with Crippen LogP contribution in [0.3, 0.4) is 0 Å². The molecule has 0 amide bonds. The van der Waals surface area contributed by atoms with Crippen LogP contribution < -0.4 is 15.5 Å². The van der Waals surface area contributed by atoms with Gasteiger partial charge in [0.2, 0.25) is 0 Å². The minimum atomic E-state index is 0. The number of guanidine groups is 1. The van der Waals surface area contributed by atoms with E-state index in [0.717, 1.165) is 56.1 Å². The van der Waals surface area contributed by atoms with E-state index in [4.69, 9.17) is 0 Å². The predicted molar refractivity (Wildman–Crippen MR) is 129 cm³/mol. The number of halogens is 2. The number of likely N-dealkylation sites (N-methyl/N-ethyl adjacent to an activating group) is 2. The topological polar surface area (TPSA) is 46.1 Å². The first kappa shape index (κ1) is 22.7. The Morgan fingerprint density at radius 2 is 1.96 bits per heavy atom. The summed E-state index contributed by atoms with van der Waals surface area (Å²) in [6, 6.07) is 9.38. The Morgan fingerprint density at radius 1 is 1.19 bits per heavy atom. The Balaban J connectivity index is 0.00000261. The first-order valence-corrected chi connectivity index (χ1v) is 10.2. The van der Waals surface area contributed by atoms with Crippen LogP contribution in [0, 0.1) is 0 Å². The maximum absolute atomic E-state index is 4.43. The van der Waals surface area contributed by atoms with Crippen LogP contribution in [-0.4, -0.2) is 88.3 Å². The Hall–Kier alpha value is -0.580. The minimum Gasteiger partial charge on any atom is -0.368 e. The maximum atomic E-state index is 4.43. The molecule has 2 unspecified atom stereocenters. The second kappa shape index (κ2) is 10.8. The number of hydrogen-bond acceptors (Lipinski definition) is 4. The third-order valence-electron chi connectivity index (χ3n) is 5.43. The molecule has 2 saturated heterocycles. The van der Waals surface area contributed by atoms with Gasteiger partial charge in [0, 0.05) is 62.9 Å². The van der Waals surface area contributed by atoms with Crippen molar-refractivity contribution in [3.05, 3.63) is 28.7 Å². The molecule has 152 valence electrons. The molecule has 1 aromatic rings. The van der Waals surface area contributed by atoms with Crippen molar-refractivity contribution < 1.29 is 0 Å². The number of anilines is 1. The van der Waals surface area contributed by atoms with Gasteiger partial charge in [-0.2, -0.15) is 0 Å². The summed E-state index contributed by atoms with van der Waals surface area (Å²) in [5.41, 5.74) is 1.27. The maximum Gasteiger partial charge on any atom is 0.191 e. The third-order valence-corrected chi connectivity index (χ3v) is 6.10. The van der Waals surface area contributed by atoms with Crippen molar-refractivity contribution in [3.63, 3.8) is 0 Å². The lowest BCUT2D eigenvalue weighted by Crippen LogP contribution is -2.56. The molecule has 2 atom stereocenters. The van der Waals surface area contributed by atoms with E-state index in [1.807, 2.05) is 7.05 Å². The van der Waals surface area contributed by atoms with Gasteiger partial charge in [-0.1, -0.05) is 12.1 Å². The average Bonchev–Trinajstić information content (AvgIpc) is 3.10. The highest BCUT2D eigenvalue weighted by Gasteiger charge is 2.26. The molecule has 2 N–H and O–H groups in total. The molecule has 8 heteroatoms. The quantitative estimate of drug-likeness (QED) is 0.341. The molecule has 27 heavy (non-hydrogen) atoms. The van der Waals surface area contributed by atoms with Gasteiger partial charge in [0.05, 0.1) is 5.69 Å². The highest BCUT2D eigenvalue weighted by molar-refractivity contribution is 14.0. The van der Waals surface area contributed by atoms with E-state index in [-0.39, 0.29) is 24.0 Å². The van der Waals surface area contributed by atoms with E-state index in [1.54, 1.807) is 0 Å². The molecular formula is C19H32BrIN6. The van der Waals surface area contributed by atoms with E-state index in [0.29, 0.717) is 12.1 Å². The summed E-state index contributed by atoms with van der Waals surface area (Å²) < 4.78 is 1.16. The van der Waals surface area contributed by atoms with Gasteiger partial charge in [0.15, 0.2) is 5.96 Å². The van der Waals surface area contributed by atoms with Crippen molar-refractivity contribution in [2.75, 3.05) is 65.3 Å². The van der Waals surface area contributed by atoms with E-state index >= 15 is 0 Å². The number of hydrogen-bond donors (Lipinski definition) is 2. The SMILES string of the molecule is CN=C(NCC1CN(C)CCN1C)NC1CCN(c2ccccc2Br)C1.I. The molecular weight excluding hydrogens is 519 g/mol. The van der Waals surface area contributed by atoms with Crippen LogP contribution in [0.1, 0.15) is 6.42 Å². The summed E-state index contributed by atoms with van der Waals surface area (Å²) in [6.45, 7) is 6.34. The predicted octanol–water partition coefficient (Wildman–Crippen LogP) is 2.06. The van der Waals surface area contributed by atoms with E-state index in [1.165, 1.54) is 5.69 Å². The second-order valence-electron chi connectivity index (χ2n) is 7.38. The summed E-state index contributed by atoms with van der Waals surface area (Å²) in [5, 5.41) is 7.13. The van der Waals surface area contributed by atoms with Crippen molar-refractivity contribution in [2.24, 2.45) is 4.99 Å². The monoisotopic (exact) mass is 550 g/mol. The fourth-order valence-corrected chi connectivity index (χ4v) is 4.26. The number of benzene rings is 1. The fourth-order valence-electron chi connectivity index (χ4n) is 3.73. The van der Waals surface area contributed by atoms with Gasteiger partial charge in [0.1, 0.15) is 0 Å². The summed E-state index contributed by atoms with van der Waals surface area (Å²) in [5.74, 6) is 0.908. The van der Waals surface area contributed by atoms with Crippen LogP contribution in [0.4, 0.5) is 5.69 Å². The van der Waals surface area contributed by atoms with Gasteiger partial charge in [-0.25, -0.2) is 0 Å². The fraction of sp³-hybridized carbons (Fsp3) is 0.632. The van der Waals surface area contributed by atoms with Crippen LogP contribution in [0.25, 0.3) is 0 Å². The molecule has 0 aromatic heterocycles. The summed E-state index contributed by atoms with van der Waals surface area (Å²) in [6.07, 6.45) is 1.12. The molecule has 3 rings (SSSR count). The van der Waals surface area contributed by atoms with Gasteiger partial charge in [-0.3, -0.25) is 9.89 Å². The molecule has 2 aliphatic heterocycles. The van der Waals surface area contributed by atoms with Crippen molar-refractivity contribution in [1.82, 2.24) is 20.4 Å². The first-order valence-electron chi connectivity index (χ1n) is 9.42. The molecule has 2 fully saturated rings. The Labute approximate surface area is 188 Å². The molecule has 0 radical (unpaired) electrons. The van der Waals surface area contributed by atoms with Crippen molar-refractivity contribution in [3.8, 4) is 0 Å². The zero-order valence-corrected chi connectivity index (χ0v) is 20.4. The number of para-hydroxylation sites is 1. The minimum absolute atomic E-state index is 0.